The largest absolute Gasteiger partial charge is 0.452 e. The van der Waals surface area contributed by atoms with Gasteiger partial charge in [-0.15, -0.1) is 0 Å². The lowest BCUT2D eigenvalue weighted by molar-refractivity contribution is -0.125. The van der Waals surface area contributed by atoms with E-state index >= 15 is 0 Å². The number of benzene rings is 1. The second-order valence-electron chi connectivity index (χ2n) is 6.08. The molecule has 1 aromatic rings. The molecule has 27 heavy (non-hydrogen) atoms. The Balaban J connectivity index is 1.72. The number of amides is 2. The van der Waals surface area contributed by atoms with Gasteiger partial charge in [0.1, 0.15) is 0 Å². The molecule has 148 valence electrons. The molecule has 1 saturated heterocycles. The third-order valence-electron chi connectivity index (χ3n) is 4.14. The Bertz CT molecular complexity index is 698. The molecule has 1 N–H and O–H groups in total. The highest BCUT2D eigenvalue weighted by Crippen LogP contribution is 2.12. The SMILES string of the molecule is CCOC(=O)N1CCC(NC(=O)COC(=O)c2ccc(S(C)=O)cc2)CC1. The summed E-state index contributed by atoms with van der Waals surface area (Å²) in [5, 5.41) is 2.81. The summed E-state index contributed by atoms with van der Waals surface area (Å²) in [6, 6.07) is 6.14. The number of hydrogen-bond donors (Lipinski definition) is 1. The predicted molar refractivity (Wildman–Crippen MR) is 98.8 cm³/mol. The topological polar surface area (TPSA) is 102 Å². The molecule has 1 heterocycles. The molecule has 1 aliphatic heterocycles. The van der Waals surface area contributed by atoms with Gasteiger partial charge < -0.3 is 19.7 Å². The lowest BCUT2D eigenvalue weighted by Gasteiger charge is -2.31. The number of piperidine rings is 1. The predicted octanol–water partition coefficient (Wildman–Crippen LogP) is 1.32. The van der Waals surface area contributed by atoms with Crippen molar-refractivity contribution in [1.29, 1.82) is 0 Å². The van der Waals surface area contributed by atoms with Crippen LogP contribution in [0.25, 0.3) is 0 Å². The van der Waals surface area contributed by atoms with E-state index in [-0.39, 0.29) is 24.6 Å². The molecular formula is C18H24N2O6S. The third kappa shape index (κ3) is 6.35. The lowest BCUT2D eigenvalue weighted by atomic mass is 10.1. The fourth-order valence-electron chi connectivity index (χ4n) is 2.69. The lowest BCUT2D eigenvalue weighted by Crippen LogP contribution is -2.47. The fourth-order valence-corrected chi connectivity index (χ4v) is 3.21. The van der Waals surface area contributed by atoms with Gasteiger partial charge >= 0.3 is 12.1 Å². The average Bonchev–Trinajstić information content (AvgIpc) is 2.67. The van der Waals surface area contributed by atoms with E-state index in [4.69, 9.17) is 9.47 Å². The first-order valence-electron chi connectivity index (χ1n) is 8.72. The van der Waals surface area contributed by atoms with Gasteiger partial charge in [0.15, 0.2) is 6.61 Å². The number of nitrogens with one attached hydrogen (secondary N) is 1. The van der Waals surface area contributed by atoms with Crippen LogP contribution >= 0.6 is 0 Å². The van der Waals surface area contributed by atoms with E-state index in [1.165, 1.54) is 12.1 Å². The molecule has 0 spiro atoms. The van der Waals surface area contributed by atoms with Gasteiger partial charge in [-0.3, -0.25) is 9.00 Å². The molecule has 0 bridgehead atoms. The molecule has 0 saturated carbocycles. The molecule has 9 heteroatoms. The number of nitrogens with zero attached hydrogens (tertiary/aromatic N) is 1. The van der Waals surface area contributed by atoms with Crippen molar-refractivity contribution in [3.8, 4) is 0 Å². The van der Waals surface area contributed by atoms with Crippen LogP contribution in [0.2, 0.25) is 0 Å². The van der Waals surface area contributed by atoms with E-state index in [0.717, 1.165) is 0 Å². The molecule has 8 nitrogen and oxygen atoms in total. The second kappa shape index (κ2) is 10.1. The van der Waals surface area contributed by atoms with Crippen LogP contribution in [0.1, 0.15) is 30.1 Å². The first-order chi connectivity index (χ1) is 12.9. The zero-order chi connectivity index (χ0) is 19.8. The highest BCUT2D eigenvalue weighted by Gasteiger charge is 2.24. The van der Waals surface area contributed by atoms with E-state index in [0.29, 0.717) is 43.0 Å². The van der Waals surface area contributed by atoms with Gasteiger partial charge in [0.05, 0.1) is 12.2 Å². The number of carbonyl (C=O) groups is 3. The van der Waals surface area contributed by atoms with Crippen LogP contribution < -0.4 is 5.32 Å². The molecule has 2 amide bonds. The smallest absolute Gasteiger partial charge is 0.409 e. The van der Waals surface area contributed by atoms with Crippen molar-refractivity contribution in [3.63, 3.8) is 0 Å². The molecule has 1 unspecified atom stereocenters. The van der Waals surface area contributed by atoms with Crippen molar-refractivity contribution >= 4 is 28.8 Å². The Hall–Kier alpha value is -2.42. The van der Waals surface area contributed by atoms with E-state index in [1.54, 1.807) is 30.2 Å². The highest BCUT2D eigenvalue weighted by atomic mass is 32.2. The van der Waals surface area contributed by atoms with Gasteiger partial charge in [-0.2, -0.15) is 0 Å². The minimum absolute atomic E-state index is 0.0688. The van der Waals surface area contributed by atoms with Crippen molar-refractivity contribution in [2.75, 3.05) is 32.6 Å². The number of hydrogen-bond acceptors (Lipinski definition) is 6. The molecule has 1 atom stereocenters. The maximum absolute atomic E-state index is 12.0. The van der Waals surface area contributed by atoms with Gasteiger partial charge in [-0.25, -0.2) is 9.59 Å². The zero-order valence-corrected chi connectivity index (χ0v) is 16.3. The maximum atomic E-state index is 12.0. The van der Waals surface area contributed by atoms with Crippen molar-refractivity contribution < 1.29 is 28.1 Å². The van der Waals surface area contributed by atoms with Crippen LogP contribution in [0.4, 0.5) is 4.79 Å². The molecule has 0 radical (unpaired) electrons. The first kappa shape index (κ1) is 20.9. The first-order valence-corrected chi connectivity index (χ1v) is 10.3. The van der Waals surface area contributed by atoms with E-state index in [9.17, 15) is 18.6 Å². The second-order valence-corrected chi connectivity index (χ2v) is 7.46. The van der Waals surface area contributed by atoms with Gasteiger partial charge in [0.25, 0.3) is 5.91 Å². The van der Waals surface area contributed by atoms with Gasteiger partial charge in [0.2, 0.25) is 0 Å². The molecular weight excluding hydrogens is 372 g/mol. The van der Waals surface area contributed by atoms with Crippen LogP contribution in [-0.2, 0) is 25.1 Å². The maximum Gasteiger partial charge on any atom is 0.409 e. The Labute approximate surface area is 160 Å². The number of rotatable bonds is 6. The summed E-state index contributed by atoms with van der Waals surface area (Å²) in [5.74, 6) is -1.00. The summed E-state index contributed by atoms with van der Waals surface area (Å²) >= 11 is 0. The molecule has 1 aromatic carbocycles. The van der Waals surface area contributed by atoms with Crippen LogP contribution in [0.3, 0.4) is 0 Å². The van der Waals surface area contributed by atoms with Crippen molar-refractivity contribution in [3.05, 3.63) is 29.8 Å². The fraction of sp³-hybridized carbons (Fsp3) is 0.500. The van der Waals surface area contributed by atoms with Crippen LogP contribution in [0.5, 0.6) is 0 Å². The summed E-state index contributed by atoms with van der Waals surface area (Å²) in [5.41, 5.74) is 0.291. The Morgan fingerprint density at radius 3 is 2.33 bits per heavy atom. The van der Waals surface area contributed by atoms with Crippen LogP contribution in [0.15, 0.2) is 29.2 Å². The highest BCUT2D eigenvalue weighted by molar-refractivity contribution is 7.84. The monoisotopic (exact) mass is 396 g/mol. The van der Waals surface area contributed by atoms with Crippen molar-refractivity contribution in [1.82, 2.24) is 10.2 Å². The number of likely N-dealkylation sites (tertiary alicyclic amines) is 1. The summed E-state index contributed by atoms with van der Waals surface area (Å²) in [4.78, 5) is 37.8. The number of ether oxygens (including phenoxy) is 2. The van der Waals surface area contributed by atoms with E-state index in [2.05, 4.69) is 5.32 Å². The minimum atomic E-state index is -1.12. The summed E-state index contributed by atoms with van der Waals surface area (Å²) in [6.45, 7) is 2.73. The molecule has 0 aromatic heterocycles. The Morgan fingerprint density at radius 2 is 1.78 bits per heavy atom. The quantitative estimate of drug-likeness (QED) is 0.728. The zero-order valence-electron chi connectivity index (χ0n) is 15.4. The van der Waals surface area contributed by atoms with Crippen LogP contribution in [0, 0.1) is 0 Å². The van der Waals surface area contributed by atoms with Gasteiger partial charge in [0, 0.05) is 41.1 Å². The Morgan fingerprint density at radius 1 is 1.15 bits per heavy atom. The normalized spacial score (nSPS) is 15.7. The van der Waals surface area contributed by atoms with E-state index in [1.807, 2.05) is 0 Å². The standard InChI is InChI=1S/C18H24N2O6S/c1-3-25-18(23)20-10-8-14(9-11-20)19-16(21)12-26-17(22)13-4-6-15(7-5-13)27(2)24/h4-7,14H,3,8-12H2,1-2H3,(H,19,21). The van der Waals surface area contributed by atoms with Crippen molar-refractivity contribution in [2.45, 2.75) is 30.7 Å². The summed E-state index contributed by atoms with van der Waals surface area (Å²) < 4.78 is 21.3. The summed E-state index contributed by atoms with van der Waals surface area (Å²) in [7, 11) is -1.12. The van der Waals surface area contributed by atoms with Crippen molar-refractivity contribution in [2.24, 2.45) is 0 Å². The molecule has 1 aliphatic rings. The average molecular weight is 396 g/mol. The number of esters is 1. The molecule has 0 aliphatic carbocycles. The number of carbonyl (C=O) groups excluding carboxylic acids is 3. The Kier molecular flexibility index (Phi) is 7.78. The molecule has 2 rings (SSSR count). The molecule has 1 fully saturated rings. The van der Waals surface area contributed by atoms with Crippen LogP contribution in [-0.4, -0.2) is 65.7 Å². The van der Waals surface area contributed by atoms with E-state index < -0.39 is 16.8 Å². The minimum Gasteiger partial charge on any atom is -0.452 e. The van der Waals surface area contributed by atoms with Gasteiger partial charge in [-0.05, 0) is 44.0 Å². The van der Waals surface area contributed by atoms with Gasteiger partial charge in [-0.1, -0.05) is 0 Å². The summed E-state index contributed by atoms with van der Waals surface area (Å²) in [6.07, 6.45) is 2.45. The third-order valence-corrected chi connectivity index (χ3v) is 5.08.